The summed E-state index contributed by atoms with van der Waals surface area (Å²) in [5.74, 6) is 2.42. The van der Waals surface area contributed by atoms with Crippen LogP contribution in [-0.2, 0) is 18.9 Å². The van der Waals surface area contributed by atoms with Crippen LogP contribution in [0.5, 0.6) is 0 Å². The van der Waals surface area contributed by atoms with Gasteiger partial charge in [0.1, 0.15) is 6.61 Å². The molecule has 2 aliphatic rings. The van der Waals surface area contributed by atoms with E-state index in [0.717, 1.165) is 26.2 Å². The maximum atomic E-state index is 5.70. The molecule has 0 radical (unpaired) electrons. The van der Waals surface area contributed by atoms with Crippen molar-refractivity contribution in [2.45, 2.75) is 25.7 Å². The Labute approximate surface area is 183 Å². The monoisotopic (exact) mass is 425 g/mol. The van der Waals surface area contributed by atoms with Crippen LogP contribution in [0.1, 0.15) is 25.7 Å². The van der Waals surface area contributed by atoms with Crippen LogP contribution in [0.25, 0.3) is 0 Å². The van der Waals surface area contributed by atoms with Crippen molar-refractivity contribution in [1.82, 2.24) is 14.7 Å². The Kier molecular flexibility index (Phi) is 15.2. The van der Waals surface area contributed by atoms with Gasteiger partial charge < -0.3 is 28.7 Å². The topological polar surface area (TPSA) is 46.6 Å². The molecular formula is C23H43N3O4. The van der Waals surface area contributed by atoms with E-state index in [1.807, 2.05) is 0 Å². The maximum Gasteiger partial charge on any atom is 0.107 e. The number of likely N-dealkylation sites (tertiary alicyclic amines) is 1. The second-order valence-corrected chi connectivity index (χ2v) is 8.03. The van der Waals surface area contributed by atoms with Gasteiger partial charge in [0.2, 0.25) is 0 Å². The Morgan fingerprint density at radius 1 is 0.533 bits per heavy atom. The number of ether oxygens (including phenoxy) is 4. The lowest BCUT2D eigenvalue weighted by atomic mass is 10.2. The van der Waals surface area contributed by atoms with Crippen molar-refractivity contribution < 1.29 is 18.9 Å². The van der Waals surface area contributed by atoms with Crippen LogP contribution in [0.4, 0.5) is 0 Å². The largest absolute Gasteiger partial charge is 0.378 e. The fourth-order valence-corrected chi connectivity index (χ4v) is 3.90. The van der Waals surface area contributed by atoms with Crippen LogP contribution in [0, 0.1) is 12.3 Å². The lowest BCUT2D eigenvalue weighted by molar-refractivity contribution is -0.00259. The Bertz CT molecular complexity index is 433. The summed E-state index contributed by atoms with van der Waals surface area (Å²) in [5, 5.41) is 0. The smallest absolute Gasteiger partial charge is 0.107 e. The molecule has 2 saturated heterocycles. The highest BCUT2D eigenvalue weighted by Gasteiger charge is 2.16. The van der Waals surface area contributed by atoms with Crippen LogP contribution in [-0.4, -0.2) is 126 Å². The third-order valence-electron chi connectivity index (χ3n) is 5.72. The third-order valence-corrected chi connectivity index (χ3v) is 5.72. The first-order chi connectivity index (χ1) is 14.9. The molecule has 2 heterocycles. The normalized spacial score (nSPS) is 18.8. The molecule has 7 nitrogen and oxygen atoms in total. The molecule has 7 heteroatoms. The van der Waals surface area contributed by atoms with Crippen molar-refractivity contribution in [1.29, 1.82) is 0 Å². The van der Waals surface area contributed by atoms with Gasteiger partial charge in [-0.1, -0.05) is 5.92 Å². The average Bonchev–Trinajstić information content (AvgIpc) is 3.29. The summed E-state index contributed by atoms with van der Waals surface area (Å²) in [5.41, 5.74) is 0. The highest BCUT2D eigenvalue weighted by atomic mass is 16.6. The quantitative estimate of drug-likeness (QED) is 0.241. The predicted molar refractivity (Wildman–Crippen MR) is 120 cm³/mol. The van der Waals surface area contributed by atoms with Gasteiger partial charge in [-0.05, 0) is 51.9 Å². The molecule has 30 heavy (non-hydrogen) atoms. The number of nitrogens with zero attached hydrogens (tertiary/aromatic N) is 3. The number of terminal acetylenes is 1. The third kappa shape index (κ3) is 12.9. The van der Waals surface area contributed by atoms with Crippen LogP contribution in [0.2, 0.25) is 0 Å². The molecule has 2 rings (SSSR count). The first-order valence-electron chi connectivity index (χ1n) is 11.8. The van der Waals surface area contributed by atoms with Crippen molar-refractivity contribution in [2.75, 3.05) is 112 Å². The Balaban J connectivity index is 1.29. The fraction of sp³-hybridized carbons (Fsp3) is 0.913. The highest BCUT2D eigenvalue weighted by molar-refractivity contribution is 4.82. The predicted octanol–water partition coefficient (Wildman–Crippen LogP) is 1.18. The number of rotatable bonds is 18. The van der Waals surface area contributed by atoms with Crippen molar-refractivity contribution in [3.63, 3.8) is 0 Å². The van der Waals surface area contributed by atoms with Crippen molar-refractivity contribution in [2.24, 2.45) is 0 Å². The molecule has 2 aliphatic heterocycles. The van der Waals surface area contributed by atoms with Crippen molar-refractivity contribution >= 4 is 0 Å². The van der Waals surface area contributed by atoms with Crippen molar-refractivity contribution in [3.8, 4) is 12.3 Å². The molecule has 0 unspecified atom stereocenters. The summed E-state index contributed by atoms with van der Waals surface area (Å²) >= 11 is 0. The number of hydrogen-bond acceptors (Lipinski definition) is 7. The molecular weight excluding hydrogens is 382 g/mol. The molecule has 0 atom stereocenters. The second-order valence-electron chi connectivity index (χ2n) is 8.03. The van der Waals surface area contributed by atoms with Crippen molar-refractivity contribution in [3.05, 3.63) is 0 Å². The van der Waals surface area contributed by atoms with E-state index in [0.29, 0.717) is 46.2 Å². The van der Waals surface area contributed by atoms with E-state index in [9.17, 15) is 0 Å². The summed E-state index contributed by atoms with van der Waals surface area (Å²) in [6.45, 7) is 15.5. The lowest BCUT2D eigenvalue weighted by Gasteiger charge is -2.34. The fourth-order valence-electron chi connectivity index (χ4n) is 3.90. The van der Waals surface area contributed by atoms with Crippen LogP contribution in [0.3, 0.4) is 0 Å². The van der Waals surface area contributed by atoms with Gasteiger partial charge >= 0.3 is 0 Å². The number of piperazine rings is 1. The molecule has 0 aromatic heterocycles. The van der Waals surface area contributed by atoms with Gasteiger partial charge in [0.05, 0.1) is 46.2 Å². The minimum absolute atomic E-state index is 0.339. The first kappa shape index (κ1) is 25.5. The second kappa shape index (κ2) is 17.9. The van der Waals surface area contributed by atoms with E-state index < -0.39 is 0 Å². The zero-order valence-corrected chi connectivity index (χ0v) is 18.9. The summed E-state index contributed by atoms with van der Waals surface area (Å²) < 4.78 is 21.7. The molecule has 0 spiro atoms. The van der Waals surface area contributed by atoms with E-state index >= 15 is 0 Å². The lowest BCUT2D eigenvalue weighted by Crippen LogP contribution is -2.47. The van der Waals surface area contributed by atoms with E-state index in [2.05, 4.69) is 20.6 Å². The number of unbranched alkanes of at least 4 members (excludes halogenated alkanes) is 1. The maximum absolute atomic E-state index is 5.70. The van der Waals surface area contributed by atoms with E-state index in [4.69, 9.17) is 25.4 Å². The standard InChI is InChI=1S/C23H43N3O4/c1-2-16-27-18-20-29-22-23-30-21-19-28-17-15-26-13-11-25(12-14-26)10-6-5-9-24-7-3-4-8-24/h1H,3-23H2. The van der Waals surface area contributed by atoms with Crippen LogP contribution in [0.15, 0.2) is 0 Å². The molecule has 0 saturated carbocycles. The Hall–Kier alpha value is -0.720. The average molecular weight is 426 g/mol. The summed E-state index contributed by atoms with van der Waals surface area (Å²) in [7, 11) is 0. The van der Waals surface area contributed by atoms with Gasteiger partial charge in [-0.2, -0.15) is 0 Å². The van der Waals surface area contributed by atoms with Crippen LogP contribution >= 0.6 is 0 Å². The molecule has 0 N–H and O–H groups in total. The van der Waals surface area contributed by atoms with Gasteiger partial charge in [-0.3, -0.25) is 4.90 Å². The zero-order chi connectivity index (χ0) is 21.1. The van der Waals surface area contributed by atoms with E-state index in [1.54, 1.807) is 0 Å². The zero-order valence-electron chi connectivity index (χ0n) is 18.9. The molecule has 0 aromatic carbocycles. The first-order valence-corrected chi connectivity index (χ1v) is 11.8. The minimum atomic E-state index is 0.339. The summed E-state index contributed by atoms with van der Waals surface area (Å²) in [4.78, 5) is 7.76. The van der Waals surface area contributed by atoms with Gasteiger partial charge in [0.25, 0.3) is 0 Å². The molecule has 0 amide bonds. The van der Waals surface area contributed by atoms with E-state index in [1.165, 1.54) is 65.0 Å². The van der Waals surface area contributed by atoms with Gasteiger partial charge in [0.15, 0.2) is 0 Å². The molecule has 174 valence electrons. The molecule has 0 aromatic rings. The summed E-state index contributed by atoms with van der Waals surface area (Å²) in [6, 6.07) is 0. The van der Waals surface area contributed by atoms with E-state index in [-0.39, 0.29) is 0 Å². The molecule has 2 fully saturated rings. The highest BCUT2D eigenvalue weighted by Crippen LogP contribution is 2.09. The van der Waals surface area contributed by atoms with Gasteiger partial charge in [0, 0.05) is 32.7 Å². The number of hydrogen-bond donors (Lipinski definition) is 0. The minimum Gasteiger partial charge on any atom is -0.378 e. The summed E-state index contributed by atoms with van der Waals surface area (Å²) in [6.07, 6.45) is 10.6. The molecule has 0 bridgehead atoms. The molecule has 0 aliphatic carbocycles. The van der Waals surface area contributed by atoms with Gasteiger partial charge in [-0.25, -0.2) is 0 Å². The Morgan fingerprint density at radius 2 is 0.967 bits per heavy atom. The SMILES string of the molecule is C#CCOCCOCCOCCOCCN1CCN(CCCCN2CCCC2)CC1. The Morgan fingerprint density at radius 3 is 1.50 bits per heavy atom. The van der Waals surface area contributed by atoms with Gasteiger partial charge in [-0.15, -0.1) is 6.42 Å². The van der Waals surface area contributed by atoms with Crippen LogP contribution < -0.4 is 0 Å².